The Labute approximate surface area is 106 Å². The predicted octanol–water partition coefficient (Wildman–Crippen LogP) is 2.81. The van der Waals surface area contributed by atoms with Gasteiger partial charge in [0.05, 0.1) is 5.92 Å². The maximum Gasteiger partial charge on any atom is 0.306 e. The second-order valence-corrected chi connectivity index (χ2v) is 5.09. The first-order valence-corrected chi connectivity index (χ1v) is 6.11. The Balaban J connectivity index is 2.17. The molecule has 0 spiro atoms. The monoisotopic (exact) mass is 253 g/mol. The van der Waals surface area contributed by atoms with E-state index in [1.165, 1.54) is 0 Å². The second-order valence-electron chi connectivity index (χ2n) is 4.68. The zero-order valence-corrected chi connectivity index (χ0v) is 10.7. The van der Waals surface area contributed by atoms with Gasteiger partial charge in [0, 0.05) is 23.8 Å². The number of hydrogen-bond donors (Lipinski definition) is 1. The van der Waals surface area contributed by atoms with Crippen molar-refractivity contribution in [2.45, 2.75) is 25.8 Å². The molecule has 1 aliphatic heterocycles. The molecule has 2 rings (SSSR count). The van der Waals surface area contributed by atoms with Gasteiger partial charge in [-0.05, 0) is 30.5 Å². The fourth-order valence-corrected chi connectivity index (χ4v) is 2.65. The van der Waals surface area contributed by atoms with Gasteiger partial charge in [-0.2, -0.15) is 0 Å². The van der Waals surface area contributed by atoms with Gasteiger partial charge in [0.15, 0.2) is 0 Å². The number of fused-ring (bicyclic) bond motifs is 1. The Kier molecular flexibility index (Phi) is 3.29. The van der Waals surface area contributed by atoms with Crippen LogP contribution in [0.1, 0.15) is 18.9 Å². The zero-order valence-electron chi connectivity index (χ0n) is 9.98. The average Bonchev–Trinajstić information content (AvgIpc) is 2.58. The first kappa shape index (κ1) is 12.2. The van der Waals surface area contributed by atoms with Crippen LogP contribution in [0.25, 0.3) is 0 Å². The number of carbonyl (C=O) groups is 1. The van der Waals surface area contributed by atoms with E-state index in [0.717, 1.165) is 22.7 Å². The number of rotatable bonds is 3. The van der Waals surface area contributed by atoms with E-state index in [1.54, 1.807) is 6.92 Å². The summed E-state index contributed by atoms with van der Waals surface area (Å²) in [5.74, 6) is -1.06. The number of hydrogen-bond acceptors (Lipinski definition) is 2. The van der Waals surface area contributed by atoms with Crippen molar-refractivity contribution in [3.8, 4) is 0 Å². The lowest BCUT2D eigenvalue weighted by molar-refractivity contribution is -0.141. The molecule has 0 amide bonds. The van der Waals surface area contributed by atoms with Gasteiger partial charge < -0.3 is 10.0 Å². The van der Waals surface area contributed by atoms with Crippen molar-refractivity contribution in [1.29, 1.82) is 0 Å². The van der Waals surface area contributed by atoms with Crippen LogP contribution in [0.5, 0.6) is 0 Å². The number of aliphatic carboxylic acids is 1. The van der Waals surface area contributed by atoms with Gasteiger partial charge in [-0.25, -0.2) is 0 Å². The molecule has 1 heterocycles. The summed E-state index contributed by atoms with van der Waals surface area (Å²) >= 11 is 6.16. The number of likely N-dealkylation sites (N-methyl/N-ethyl adjacent to an activating group) is 1. The lowest BCUT2D eigenvalue weighted by Gasteiger charge is -2.24. The molecule has 1 aromatic rings. The van der Waals surface area contributed by atoms with Crippen LogP contribution in [-0.4, -0.2) is 24.2 Å². The lowest BCUT2D eigenvalue weighted by Crippen LogP contribution is -2.31. The molecule has 1 aliphatic rings. The third-order valence-corrected chi connectivity index (χ3v) is 3.86. The number of halogens is 1. The van der Waals surface area contributed by atoms with E-state index >= 15 is 0 Å². The van der Waals surface area contributed by atoms with Crippen LogP contribution in [-0.2, 0) is 11.2 Å². The van der Waals surface area contributed by atoms with Gasteiger partial charge in [0.1, 0.15) is 0 Å². The summed E-state index contributed by atoms with van der Waals surface area (Å²) in [6.45, 7) is 1.75. The molecule has 4 heteroatoms. The van der Waals surface area contributed by atoms with E-state index in [-0.39, 0.29) is 12.0 Å². The number of benzene rings is 1. The molecule has 0 radical (unpaired) electrons. The van der Waals surface area contributed by atoms with Crippen molar-refractivity contribution >= 4 is 23.3 Å². The highest BCUT2D eigenvalue weighted by atomic mass is 35.5. The molecular weight excluding hydrogens is 238 g/mol. The van der Waals surface area contributed by atoms with Crippen LogP contribution >= 0.6 is 11.6 Å². The van der Waals surface area contributed by atoms with Crippen LogP contribution in [0, 0.1) is 5.92 Å². The Bertz CT molecular complexity index is 447. The maximum absolute atomic E-state index is 10.9. The van der Waals surface area contributed by atoms with Crippen molar-refractivity contribution in [3.63, 3.8) is 0 Å². The molecule has 0 aromatic heterocycles. The summed E-state index contributed by atoms with van der Waals surface area (Å²) in [5, 5.41) is 9.73. The summed E-state index contributed by atoms with van der Waals surface area (Å²) in [6, 6.07) is 6.08. The molecule has 0 saturated carbocycles. The highest BCUT2D eigenvalue weighted by Crippen LogP contribution is 2.37. The Morgan fingerprint density at radius 2 is 2.35 bits per heavy atom. The second kappa shape index (κ2) is 4.57. The summed E-state index contributed by atoms with van der Waals surface area (Å²) in [6.07, 6.45) is 1.49. The van der Waals surface area contributed by atoms with Gasteiger partial charge in [0.2, 0.25) is 0 Å². The average molecular weight is 254 g/mol. The molecule has 92 valence electrons. The summed E-state index contributed by atoms with van der Waals surface area (Å²) in [4.78, 5) is 13.0. The Hall–Kier alpha value is -1.22. The van der Waals surface area contributed by atoms with Crippen LogP contribution in [0.2, 0.25) is 5.02 Å². The third kappa shape index (κ3) is 2.25. The molecule has 1 N–H and O–H groups in total. The number of carboxylic acid groups (broad SMARTS) is 1. The first-order valence-electron chi connectivity index (χ1n) is 5.73. The van der Waals surface area contributed by atoms with Gasteiger partial charge >= 0.3 is 5.97 Å². The quantitative estimate of drug-likeness (QED) is 0.901. The van der Waals surface area contributed by atoms with Crippen molar-refractivity contribution in [1.82, 2.24) is 0 Å². The minimum Gasteiger partial charge on any atom is -0.481 e. The predicted molar refractivity (Wildman–Crippen MR) is 68.8 cm³/mol. The molecule has 2 unspecified atom stereocenters. The van der Waals surface area contributed by atoms with Crippen molar-refractivity contribution in [2.24, 2.45) is 5.92 Å². The van der Waals surface area contributed by atoms with Gasteiger partial charge in [-0.15, -0.1) is 0 Å². The molecule has 0 bridgehead atoms. The molecule has 2 atom stereocenters. The van der Waals surface area contributed by atoms with Crippen LogP contribution in [0.4, 0.5) is 5.69 Å². The Morgan fingerprint density at radius 3 is 2.94 bits per heavy atom. The van der Waals surface area contributed by atoms with E-state index in [0.29, 0.717) is 6.42 Å². The molecular formula is C13H16ClNO2. The van der Waals surface area contributed by atoms with E-state index < -0.39 is 5.97 Å². The molecule has 1 aromatic carbocycles. The summed E-state index contributed by atoms with van der Waals surface area (Å²) < 4.78 is 0. The van der Waals surface area contributed by atoms with Gasteiger partial charge in [-0.3, -0.25) is 4.79 Å². The summed E-state index contributed by atoms with van der Waals surface area (Å²) in [7, 11) is 2.00. The highest BCUT2D eigenvalue weighted by Gasteiger charge is 2.30. The number of carboxylic acids is 1. The fourth-order valence-electron chi connectivity index (χ4n) is 2.40. The van der Waals surface area contributed by atoms with Crippen LogP contribution in [0.3, 0.4) is 0 Å². The van der Waals surface area contributed by atoms with E-state index in [9.17, 15) is 4.79 Å². The van der Waals surface area contributed by atoms with Crippen molar-refractivity contribution in [2.75, 3.05) is 11.9 Å². The highest BCUT2D eigenvalue weighted by molar-refractivity contribution is 6.31. The fraction of sp³-hybridized carbons (Fsp3) is 0.462. The van der Waals surface area contributed by atoms with Crippen molar-refractivity contribution < 1.29 is 9.90 Å². The molecule has 0 fully saturated rings. The number of nitrogens with zero attached hydrogens (tertiary/aromatic N) is 1. The smallest absolute Gasteiger partial charge is 0.306 e. The van der Waals surface area contributed by atoms with Crippen LogP contribution < -0.4 is 4.90 Å². The van der Waals surface area contributed by atoms with Gasteiger partial charge in [-0.1, -0.05) is 24.6 Å². The molecule has 17 heavy (non-hydrogen) atoms. The molecule has 0 aliphatic carbocycles. The van der Waals surface area contributed by atoms with Crippen LogP contribution in [0.15, 0.2) is 18.2 Å². The van der Waals surface area contributed by atoms with E-state index in [2.05, 4.69) is 4.90 Å². The normalized spacial score (nSPS) is 20.2. The lowest BCUT2D eigenvalue weighted by atomic mass is 9.99. The zero-order chi connectivity index (χ0) is 12.6. The molecule has 0 saturated heterocycles. The minimum atomic E-state index is -0.736. The molecule has 3 nitrogen and oxygen atoms in total. The largest absolute Gasteiger partial charge is 0.481 e. The van der Waals surface area contributed by atoms with Gasteiger partial charge in [0.25, 0.3) is 0 Å². The Morgan fingerprint density at radius 1 is 1.65 bits per heavy atom. The summed E-state index contributed by atoms with van der Waals surface area (Å²) in [5.41, 5.74) is 2.26. The maximum atomic E-state index is 10.9. The van der Waals surface area contributed by atoms with E-state index in [4.69, 9.17) is 16.7 Å². The topological polar surface area (TPSA) is 40.5 Å². The SMILES string of the molecule is CC(CC1Cc2c(Cl)cccc2N1C)C(=O)O. The number of anilines is 1. The standard InChI is InChI=1S/C13H16ClNO2/c1-8(13(16)17)6-9-7-10-11(14)4-3-5-12(10)15(9)2/h3-5,8-9H,6-7H2,1-2H3,(H,16,17). The van der Waals surface area contributed by atoms with E-state index in [1.807, 2.05) is 25.2 Å². The van der Waals surface area contributed by atoms with Crippen molar-refractivity contribution in [3.05, 3.63) is 28.8 Å². The third-order valence-electron chi connectivity index (χ3n) is 3.51. The minimum absolute atomic E-state index is 0.232. The first-order chi connectivity index (χ1) is 8.00.